The Labute approximate surface area is 186 Å². The third-order valence-corrected chi connectivity index (χ3v) is 6.10. The topological polar surface area (TPSA) is 60.3 Å². The summed E-state index contributed by atoms with van der Waals surface area (Å²) >= 11 is 1.70. The van der Waals surface area contributed by atoms with Crippen LogP contribution in [0.1, 0.15) is 6.92 Å². The number of methoxy groups -OCH3 is 1. The first-order chi connectivity index (χ1) is 15.1. The van der Waals surface area contributed by atoms with Crippen LogP contribution >= 0.6 is 11.8 Å². The van der Waals surface area contributed by atoms with E-state index in [4.69, 9.17) is 14.2 Å². The lowest BCUT2D eigenvalue weighted by atomic mass is 10.1. The first kappa shape index (κ1) is 21.3. The van der Waals surface area contributed by atoms with Crippen LogP contribution in [-0.4, -0.2) is 43.5 Å². The maximum Gasteiger partial charge on any atom is 0.180 e. The van der Waals surface area contributed by atoms with Crippen LogP contribution in [0.25, 0.3) is 11.1 Å². The van der Waals surface area contributed by atoms with Crippen molar-refractivity contribution in [3.63, 3.8) is 0 Å². The van der Waals surface area contributed by atoms with E-state index in [-0.39, 0.29) is 13.2 Å². The molecule has 0 fully saturated rings. The molecular weight excluding hydrogens is 410 g/mol. The van der Waals surface area contributed by atoms with Crippen molar-refractivity contribution in [2.45, 2.75) is 22.3 Å². The minimum Gasteiger partial charge on any atom is -0.497 e. The lowest BCUT2D eigenvalue weighted by Crippen LogP contribution is -2.39. The van der Waals surface area contributed by atoms with Gasteiger partial charge in [-0.15, -0.1) is 0 Å². The number of benzene rings is 3. The molecule has 0 aliphatic carbocycles. The highest BCUT2D eigenvalue weighted by Crippen LogP contribution is 2.31. The van der Waals surface area contributed by atoms with Crippen LogP contribution in [0, 0.1) is 0 Å². The summed E-state index contributed by atoms with van der Waals surface area (Å²) in [7, 11) is 1.67. The van der Waals surface area contributed by atoms with Crippen LogP contribution in [0.5, 0.6) is 11.5 Å². The molecule has 0 spiro atoms. The Balaban J connectivity index is 1.35. The standard InChI is InChI=1S/C25H25NO4S/c1-18-26-25(15-27,16-29-18)17-30-22-9-13-24(14-10-22)31-23-11-5-20(6-12-23)19-3-7-21(28-2)8-4-19/h3-14,27H,15-17H2,1-2H3. The number of aliphatic hydroxyl groups excluding tert-OH is 1. The Morgan fingerprint density at radius 1 is 0.903 bits per heavy atom. The van der Waals surface area contributed by atoms with Gasteiger partial charge >= 0.3 is 0 Å². The lowest BCUT2D eigenvalue weighted by molar-refractivity contribution is 0.107. The van der Waals surface area contributed by atoms with Gasteiger partial charge in [0, 0.05) is 16.7 Å². The number of nitrogens with zero attached hydrogens (tertiary/aromatic N) is 1. The van der Waals surface area contributed by atoms with E-state index in [2.05, 4.69) is 41.4 Å². The average molecular weight is 436 g/mol. The number of ether oxygens (including phenoxy) is 3. The number of hydrogen-bond acceptors (Lipinski definition) is 6. The van der Waals surface area contributed by atoms with Crippen molar-refractivity contribution in [2.75, 3.05) is 26.9 Å². The Kier molecular flexibility index (Phi) is 6.49. The van der Waals surface area contributed by atoms with Gasteiger partial charge in [-0.1, -0.05) is 36.0 Å². The van der Waals surface area contributed by atoms with E-state index in [0.717, 1.165) is 26.9 Å². The predicted molar refractivity (Wildman–Crippen MR) is 123 cm³/mol. The Morgan fingerprint density at radius 2 is 1.45 bits per heavy atom. The number of hydrogen-bond donors (Lipinski definition) is 1. The minimum absolute atomic E-state index is 0.106. The van der Waals surface area contributed by atoms with Gasteiger partial charge in [-0.05, 0) is 59.7 Å². The number of rotatable bonds is 8. The average Bonchev–Trinajstić information content (AvgIpc) is 3.20. The Morgan fingerprint density at radius 3 is 1.97 bits per heavy atom. The summed E-state index contributed by atoms with van der Waals surface area (Å²) < 4.78 is 16.5. The summed E-state index contributed by atoms with van der Waals surface area (Å²) in [5.41, 5.74) is 1.62. The van der Waals surface area contributed by atoms with E-state index in [1.54, 1.807) is 25.8 Å². The summed E-state index contributed by atoms with van der Waals surface area (Å²) in [6.07, 6.45) is 0. The smallest absolute Gasteiger partial charge is 0.180 e. The molecule has 1 aliphatic rings. The molecule has 31 heavy (non-hydrogen) atoms. The number of aliphatic hydroxyl groups is 1. The fourth-order valence-electron chi connectivity index (χ4n) is 3.29. The second-order valence-corrected chi connectivity index (χ2v) is 8.56. The summed E-state index contributed by atoms with van der Waals surface area (Å²) in [5.74, 6) is 2.18. The van der Waals surface area contributed by atoms with Gasteiger partial charge in [0.2, 0.25) is 0 Å². The SMILES string of the molecule is COc1ccc(-c2ccc(Sc3ccc(OCC4(CO)COC(C)=N4)cc3)cc2)cc1. The molecule has 1 N–H and O–H groups in total. The molecule has 0 radical (unpaired) electrons. The molecule has 5 nitrogen and oxygen atoms in total. The molecule has 0 bridgehead atoms. The molecular formula is C25H25NO4S. The molecule has 160 valence electrons. The van der Waals surface area contributed by atoms with Crippen molar-refractivity contribution < 1.29 is 19.3 Å². The zero-order valence-corrected chi connectivity index (χ0v) is 18.4. The van der Waals surface area contributed by atoms with Gasteiger partial charge < -0.3 is 19.3 Å². The van der Waals surface area contributed by atoms with Crippen molar-refractivity contribution in [3.8, 4) is 22.6 Å². The van der Waals surface area contributed by atoms with Crippen LogP contribution in [0.2, 0.25) is 0 Å². The summed E-state index contributed by atoms with van der Waals surface area (Å²) in [6, 6.07) is 24.5. The number of aliphatic imine (C=N–C) groups is 1. The largest absolute Gasteiger partial charge is 0.497 e. The van der Waals surface area contributed by atoms with Crippen LogP contribution in [-0.2, 0) is 4.74 Å². The molecule has 4 rings (SSSR count). The van der Waals surface area contributed by atoms with Gasteiger partial charge in [0.05, 0.1) is 13.7 Å². The highest BCUT2D eigenvalue weighted by Gasteiger charge is 2.36. The molecule has 3 aromatic rings. The quantitative estimate of drug-likeness (QED) is 0.535. The highest BCUT2D eigenvalue weighted by molar-refractivity contribution is 7.99. The van der Waals surface area contributed by atoms with Crippen molar-refractivity contribution in [1.82, 2.24) is 0 Å². The molecule has 6 heteroatoms. The van der Waals surface area contributed by atoms with Gasteiger partial charge in [0.15, 0.2) is 11.4 Å². The van der Waals surface area contributed by atoms with Gasteiger partial charge in [-0.3, -0.25) is 0 Å². The fraction of sp³-hybridized carbons (Fsp3) is 0.240. The van der Waals surface area contributed by atoms with Gasteiger partial charge in [-0.25, -0.2) is 4.99 Å². The first-order valence-electron chi connectivity index (χ1n) is 10.0. The molecule has 1 unspecified atom stereocenters. The second kappa shape index (κ2) is 9.45. The van der Waals surface area contributed by atoms with E-state index in [0.29, 0.717) is 12.5 Å². The van der Waals surface area contributed by atoms with Crippen molar-refractivity contribution in [1.29, 1.82) is 0 Å². The molecule has 0 aromatic heterocycles. The predicted octanol–water partition coefficient (Wildman–Crippen LogP) is 5.07. The molecule has 1 atom stereocenters. The van der Waals surface area contributed by atoms with E-state index in [1.807, 2.05) is 36.4 Å². The zero-order chi connectivity index (χ0) is 21.7. The molecule has 1 heterocycles. The van der Waals surface area contributed by atoms with Crippen molar-refractivity contribution in [3.05, 3.63) is 72.8 Å². The molecule has 0 saturated heterocycles. The first-order valence-corrected chi connectivity index (χ1v) is 10.9. The maximum absolute atomic E-state index is 9.66. The third kappa shape index (κ3) is 5.21. The molecule has 3 aromatic carbocycles. The van der Waals surface area contributed by atoms with Gasteiger partial charge in [0.1, 0.15) is 24.7 Å². The summed E-state index contributed by atoms with van der Waals surface area (Å²) in [6.45, 7) is 2.30. The lowest BCUT2D eigenvalue weighted by Gasteiger charge is -2.21. The Hall–Kier alpha value is -2.96. The van der Waals surface area contributed by atoms with Gasteiger partial charge in [-0.2, -0.15) is 0 Å². The van der Waals surface area contributed by atoms with E-state index in [9.17, 15) is 5.11 Å². The van der Waals surface area contributed by atoms with E-state index in [1.165, 1.54) is 5.56 Å². The van der Waals surface area contributed by atoms with E-state index < -0.39 is 5.54 Å². The maximum atomic E-state index is 9.66. The molecule has 1 aliphatic heterocycles. The molecule has 0 amide bonds. The zero-order valence-electron chi connectivity index (χ0n) is 17.6. The van der Waals surface area contributed by atoms with Crippen LogP contribution in [0.15, 0.2) is 87.6 Å². The van der Waals surface area contributed by atoms with Crippen LogP contribution in [0.3, 0.4) is 0 Å². The fourth-order valence-corrected chi connectivity index (χ4v) is 4.11. The summed E-state index contributed by atoms with van der Waals surface area (Å²) in [4.78, 5) is 6.66. The Bertz CT molecular complexity index is 1030. The van der Waals surface area contributed by atoms with Gasteiger partial charge in [0.25, 0.3) is 0 Å². The third-order valence-electron chi connectivity index (χ3n) is 5.08. The minimum atomic E-state index is -0.705. The highest BCUT2D eigenvalue weighted by atomic mass is 32.2. The van der Waals surface area contributed by atoms with Crippen LogP contribution in [0.4, 0.5) is 0 Å². The summed E-state index contributed by atoms with van der Waals surface area (Å²) in [5, 5.41) is 9.66. The monoisotopic (exact) mass is 435 g/mol. The second-order valence-electron chi connectivity index (χ2n) is 7.42. The molecule has 0 saturated carbocycles. The van der Waals surface area contributed by atoms with Crippen LogP contribution < -0.4 is 9.47 Å². The van der Waals surface area contributed by atoms with Crippen molar-refractivity contribution >= 4 is 17.7 Å². The van der Waals surface area contributed by atoms with E-state index >= 15 is 0 Å². The van der Waals surface area contributed by atoms with Crippen molar-refractivity contribution in [2.24, 2.45) is 4.99 Å². The normalized spacial score (nSPS) is 17.7.